The van der Waals surface area contributed by atoms with Crippen LogP contribution in [0.5, 0.6) is 11.5 Å². The molecule has 2 rings (SSSR count). The molecule has 1 saturated heterocycles. The average Bonchev–Trinajstić information content (AvgIpc) is 2.70. The summed E-state index contributed by atoms with van der Waals surface area (Å²) in [5.74, 6) is 0.294. The fraction of sp³-hybridized carbons (Fsp3) is 0.500. The predicted octanol–water partition coefficient (Wildman–Crippen LogP) is 0.602. The maximum absolute atomic E-state index is 12.1. The van der Waals surface area contributed by atoms with Crippen LogP contribution in [0.25, 0.3) is 0 Å². The molecule has 1 aromatic rings. The van der Waals surface area contributed by atoms with E-state index in [1.54, 1.807) is 36.3 Å². The number of hydrogen-bond acceptors (Lipinski definition) is 6. The van der Waals surface area contributed by atoms with Gasteiger partial charge in [-0.15, -0.1) is 0 Å². The maximum Gasteiger partial charge on any atom is 0.308 e. The number of rotatable bonds is 7. The van der Waals surface area contributed by atoms with Crippen LogP contribution in [0.1, 0.15) is 12.8 Å². The van der Waals surface area contributed by atoms with E-state index in [1.165, 1.54) is 7.11 Å². The molecule has 2 amide bonds. The molecule has 142 valence electrons. The Bertz CT molecular complexity index is 623. The highest BCUT2D eigenvalue weighted by molar-refractivity contribution is 5.85. The lowest BCUT2D eigenvalue weighted by atomic mass is 9.97. The lowest BCUT2D eigenvalue weighted by Gasteiger charge is -2.30. The van der Waals surface area contributed by atoms with E-state index in [-0.39, 0.29) is 36.9 Å². The van der Waals surface area contributed by atoms with Crippen molar-refractivity contribution in [2.24, 2.45) is 5.92 Å². The minimum absolute atomic E-state index is 0.0896. The second-order valence-corrected chi connectivity index (χ2v) is 5.92. The van der Waals surface area contributed by atoms with Crippen LogP contribution < -0.4 is 14.8 Å². The van der Waals surface area contributed by atoms with Crippen molar-refractivity contribution < 1.29 is 28.6 Å². The normalized spacial score (nSPS) is 14.5. The quantitative estimate of drug-likeness (QED) is 0.712. The first kappa shape index (κ1) is 19.6. The number of piperidine rings is 1. The monoisotopic (exact) mass is 364 g/mol. The van der Waals surface area contributed by atoms with Gasteiger partial charge in [0.25, 0.3) is 5.91 Å². The van der Waals surface area contributed by atoms with E-state index in [4.69, 9.17) is 14.2 Å². The Labute approximate surface area is 152 Å². The van der Waals surface area contributed by atoms with Gasteiger partial charge in [-0.1, -0.05) is 0 Å². The molecular formula is C18H24N2O6. The summed E-state index contributed by atoms with van der Waals surface area (Å²) in [5, 5.41) is 2.55. The van der Waals surface area contributed by atoms with Gasteiger partial charge in [-0.3, -0.25) is 14.4 Å². The SMILES string of the molecule is COC(=O)C1CCN(C(=O)CNC(=O)COc2ccc(OC)cc2)CC1. The molecule has 1 aromatic carbocycles. The largest absolute Gasteiger partial charge is 0.497 e. The van der Waals surface area contributed by atoms with Crippen molar-refractivity contribution in [3.8, 4) is 11.5 Å². The molecule has 1 aliphatic rings. The zero-order valence-corrected chi connectivity index (χ0v) is 15.0. The number of hydrogen-bond donors (Lipinski definition) is 1. The molecule has 8 heteroatoms. The van der Waals surface area contributed by atoms with Gasteiger partial charge >= 0.3 is 5.97 Å². The van der Waals surface area contributed by atoms with E-state index in [0.717, 1.165) is 0 Å². The molecule has 0 aromatic heterocycles. The molecule has 1 heterocycles. The van der Waals surface area contributed by atoms with Crippen molar-refractivity contribution in [3.63, 3.8) is 0 Å². The van der Waals surface area contributed by atoms with Crippen LogP contribution in [0.4, 0.5) is 0 Å². The summed E-state index contributed by atoms with van der Waals surface area (Å²) in [6, 6.07) is 6.86. The number of amides is 2. The average molecular weight is 364 g/mol. The van der Waals surface area contributed by atoms with Crippen molar-refractivity contribution in [2.45, 2.75) is 12.8 Å². The number of methoxy groups -OCH3 is 2. The molecule has 0 spiro atoms. The number of nitrogens with one attached hydrogen (secondary N) is 1. The fourth-order valence-corrected chi connectivity index (χ4v) is 2.69. The number of likely N-dealkylation sites (tertiary alicyclic amines) is 1. The molecule has 1 N–H and O–H groups in total. The minimum Gasteiger partial charge on any atom is -0.497 e. The molecule has 0 saturated carbocycles. The molecule has 0 radical (unpaired) electrons. The van der Waals surface area contributed by atoms with E-state index in [2.05, 4.69) is 5.32 Å². The Morgan fingerprint density at radius 2 is 1.69 bits per heavy atom. The maximum atomic E-state index is 12.1. The van der Waals surface area contributed by atoms with Gasteiger partial charge in [0.1, 0.15) is 11.5 Å². The Morgan fingerprint density at radius 3 is 2.27 bits per heavy atom. The Hall–Kier alpha value is -2.77. The molecular weight excluding hydrogens is 340 g/mol. The highest BCUT2D eigenvalue weighted by atomic mass is 16.5. The standard InChI is InChI=1S/C18H24N2O6/c1-24-14-3-5-15(6-4-14)26-12-16(21)19-11-17(22)20-9-7-13(8-10-20)18(23)25-2/h3-6,13H,7-12H2,1-2H3,(H,19,21). The molecule has 8 nitrogen and oxygen atoms in total. The first-order valence-corrected chi connectivity index (χ1v) is 8.42. The number of carbonyl (C=O) groups is 3. The van der Waals surface area contributed by atoms with E-state index in [1.807, 2.05) is 0 Å². The highest BCUT2D eigenvalue weighted by Gasteiger charge is 2.27. The summed E-state index contributed by atoms with van der Waals surface area (Å²) in [6.07, 6.45) is 1.15. The van der Waals surface area contributed by atoms with Gasteiger partial charge in [0.15, 0.2) is 6.61 Å². The summed E-state index contributed by atoms with van der Waals surface area (Å²) in [7, 11) is 2.93. The van der Waals surface area contributed by atoms with E-state index in [0.29, 0.717) is 37.4 Å². The number of carbonyl (C=O) groups excluding carboxylic acids is 3. The van der Waals surface area contributed by atoms with Gasteiger partial charge in [-0.25, -0.2) is 0 Å². The number of benzene rings is 1. The summed E-state index contributed by atoms with van der Waals surface area (Å²) < 4.78 is 15.1. The van der Waals surface area contributed by atoms with Crippen LogP contribution in [0.15, 0.2) is 24.3 Å². The van der Waals surface area contributed by atoms with Gasteiger partial charge < -0.3 is 24.4 Å². The third-order valence-corrected chi connectivity index (χ3v) is 4.25. The lowest BCUT2D eigenvalue weighted by molar-refractivity contribution is -0.148. The van der Waals surface area contributed by atoms with Crippen molar-refractivity contribution in [3.05, 3.63) is 24.3 Å². The molecule has 0 unspecified atom stereocenters. The van der Waals surface area contributed by atoms with Crippen LogP contribution in [0.2, 0.25) is 0 Å². The summed E-state index contributed by atoms with van der Waals surface area (Å²) in [4.78, 5) is 37.1. The van der Waals surface area contributed by atoms with E-state index >= 15 is 0 Å². The molecule has 1 aliphatic heterocycles. The van der Waals surface area contributed by atoms with Crippen molar-refractivity contribution in [1.29, 1.82) is 0 Å². The number of esters is 1. The van der Waals surface area contributed by atoms with E-state index < -0.39 is 0 Å². The van der Waals surface area contributed by atoms with E-state index in [9.17, 15) is 14.4 Å². The third-order valence-electron chi connectivity index (χ3n) is 4.25. The molecule has 26 heavy (non-hydrogen) atoms. The summed E-state index contributed by atoms with van der Waals surface area (Å²) >= 11 is 0. The van der Waals surface area contributed by atoms with Crippen LogP contribution in [0.3, 0.4) is 0 Å². The van der Waals surface area contributed by atoms with Crippen LogP contribution in [-0.2, 0) is 19.1 Å². The fourth-order valence-electron chi connectivity index (χ4n) is 2.69. The lowest BCUT2D eigenvalue weighted by Crippen LogP contribution is -2.45. The highest BCUT2D eigenvalue weighted by Crippen LogP contribution is 2.18. The first-order valence-electron chi connectivity index (χ1n) is 8.42. The van der Waals surface area contributed by atoms with Gasteiger partial charge in [-0.2, -0.15) is 0 Å². The van der Waals surface area contributed by atoms with Crippen LogP contribution in [-0.4, -0.2) is 63.1 Å². The van der Waals surface area contributed by atoms with Gasteiger partial charge in [0.2, 0.25) is 5.91 Å². The van der Waals surface area contributed by atoms with Crippen LogP contribution in [0, 0.1) is 5.92 Å². The Balaban J connectivity index is 1.67. The molecule has 0 aliphatic carbocycles. The number of ether oxygens (including phenoxy) is 3. The molecule has 0 atom stereocenters. The van der Waals surface area contributed by atoms with Crippen LogP contribution >= 0.6 is 0 Å². The first-order chi connectivity index (χ1) is 12.5. The molecule has 0 bridgehead atoms. The zero-order chi connectivity index (χ0) is 18.9. The topological polar surface area (TPSA) is 94.2 Å². The van der Waals surface area contributed by atoms with Gasteiger partial charge in [0, 0.05) is 13.1 Å². The minimum atomic E-state index is -0.376. The Morgan fingerprint density at radius 1 is 1.08 bits per heavy atom. The smallest absolute Gasteiger partial charge is 0.308 e. The van der Waals surface area contributed by atoms with Gasteiger partial charge in [0.05, 0.1) is 26.7 Å². The second kappa shape index (κ2) is 9.65. The predicted molar refractivity (Wildman–Crippen MR) is 92.8 cm³/mol. The molecule has 1 fully saturated rings. The van der Waals surface area contributed by atoms with Crippen molar-refractivity contribution in [1.82, 2.24) is 10.2 Å². The third kappa shape index (κ3) is 5.65. The zero-order valence-electron chi connectivity index (χ0n) is 15.0. The summed E-state index contributed by atoms with van der Waals surface area (Å²) in [6.45, 7) is 0.700. The summed E-state index contributed by atoms with van der Waals surface area (Å²) in [5.41, 5.74) is 0. The Kier molecular flexibility index (Phi) is 7.25. The van der Waals surface area contributed by atoms with Crippen molar-refractivity contribution >= 4 is 17.8 Å². The van der Waals surface area contributed by atoms with Gasteiger partial charge in [-0.05, 0) is 37.1 Å². The second-order valence-electron chi connectivity index (χ2n) is 5.92. The number of nitrogens with zero attached hydrogens (tertiary/aromatic N) is 1. The van der Waals surface area contributed by atoms with Crippen molar-refractivity contribution in [2.75, 3.05) is 40.5 Å².